The zero-order valence-corrected chi connectivity index (χ0v) is 11.6. The monoisotopic (exact) mass is 276 g/mol. The molecule has 1 aromatic rings. The van der Waals surface area contributed by atoms with E-state index in [1.165, 1.54) is 0 Å². The number of hydrogen-bond donors (Lipinski definition) is 3. The Morgan fingerprint density at radius 3 is 2.65 bits per heavy atom. The molecule has 1 aliphatic rings. The lowest BCUT2D eigenvalue weighted by Crippen LogP contribution is -2.30. The predicted octanol–water partition coefficient (Wildman–Crippen LogP) is 1.85. The molecule has 5 heteroatoms. The minimum atomic E-state index is -0.869. The fourth-order valence-electron chi connectivity index (χ4n) is 2.78. The molecule has 0 bridgehead atoms. The van der Waals surface area contributed by atoms with E-state index in [1.54, 1.807) is 0 Å². The molecule has 2 unspecified atom stereocenters. The van der Waals surface area contributed by atoms with Crippen LogP contribution in [0, 0.1) is 11.8 Å². The summed E-state index contributed by atoms with van der Waals surface area (Å²) in [5.41, 5.74) is 1.75. The minimum absolute atomic E-state index is 0.182. The molecule has 1 aromatic carbocycles. The molecule has 1 fully saturated rings. The molecular formula is C15H20N2O3. The Morgan fingerprint density at radius 1 is 1.25 bits per heavy atom. The van der Waals surface area contributed by atoms with Crippen LogP contribution in [0.1, 0.15) is 24.8 Å². The van der Waals surface area contributed by atoms with Crippen molar-refractivity contribution in [1.82, 2.24) is 5.32 Å². The highest BCUT2D eigenvalue weighted by molar-refractivity contribution is 5.96. The molecule has 1 amide bonds. The quantitative estimate of drug-likeness (QED) is 0.767. The van der Waals surface area contributed by atoms with Crippen molar-refractivity contribution < 1.29 is 14.7 Å². The smallest absolute Gasteiger partial charge is 0.307 e. The third-order valence-corrected chi connectivity index (χ3v) is 3.81. The van der Waals surface area contributed by atoms with E-state index in [0.29, 0.717) is 19.4 Å². The van der Waals surface area contributed by atoms with Gasteiger partial charge in [-0.15, -0.1) is 0 Å². The number of amides is 1. The van der Waals surface area contributed by atoms with E-state index < -0.39 is 17.8 Å². The van der Waals surface area contributed by atoms with Crippen molar-refractivity contribution >= 4 is 17.6 Å². The van der Waals surface area contributed by atoms with Gasteiger partial charge in [-0.25, -0.2) is 0 Å². The number of nitrogens with one attached hydrogen (secondary N) is 2. The predicted molar refractivity (Wildman–Crippen MR) is 76.3 cm³/mol. The summed E-state index contributed by atoms with van der Waals surface area (Å²) in [6, 6.07) is 7.56. The summed E-state index contributed by atoms with van der Waals surface area (Å²) < 4.78 is 0. The maximum Gasteiger partial charge on any atom is 0.307 e. The molecule has 3 N–H and O–H groups in total. The first-order valence-electron chi connectivity index (χ1n) is 6.89. The first-order chi connectivity index (χ1) is 9.63. The van der Waals surface area contributed by atoms with Crippen molar-refractivity contribution in [2.45, 2.75) is 25.8 Å². The topological polar surface area (TPSA) is 78.4 Å². The van der Waals surface area contributed by atoms with E-state index in [-0.39, 0.29) is 5.91 Å². The summed E-state index contributed by atoms with van der Waals surface area (Å²) in [6.45, 7) is 0.656. The normalized spacial score (nSPS) is 21.6. The number of para-hydroxylation sites is 1. The third kappa shape index (κ3) is 3.17. The lowest BCUT2D eigenvalue weighted by Gasteiger charge is -2.17. The summed E-state index contributed by atoms with van der Waals surface area (Å²) in [7, 11) is 1.84. The molecular weight excluding hydrogens is 256 g/mol. The number of hydrogen-bond acceptors (Lipinski definition) is 3. The van der Waals surface area contributed by atoms with Crippen LogP contribution in [0.4, 0.5) is 5.69 Å². The highest BCUT2D eigenvalue weighted by Gasteiger charge is 2.37. The van der Waals surface area contributed by atoms with Crippen molar-refractivity contribution in [3.8, 4) is 0 Å². The van der Waals surface area contributed by atoms with Gasteiger partial charge in [0.05, 0.1) is 11.8 Å². The number of carboxylic acid groups (broad SMARTS) is 1. The van der Waals surface area contributed by atoms with Gasteiger partial charge in [0.25, 0.3) is 0 Å². The van der Waals surface area contributed by atoms with Crippen LogP contribution in [0.3, 0.4) is 0 Å². The van der Waals surface area contributed by atoms with Crippen LogP contribution in [-0.2, 0) is 16.1 Å². The van der Waals surface area contributed by atoms with E-state index in [2.05, 4.69) is 10.6 Å². The van der Waals surface area contributed by atoms with E-state index in [0.717, 1.165) is 17.7 Å². The fourth-order valence-corrected chi connectivity index (χ4v) is 2.78. The molecule has 1 aliphatic carbocycles. The Hall–Kier alpha value is -1.88. The van der Waals surface area contributed by atoms with Gasteiger partial charge < -0.3 is 15.7 Å². The van der Waals surface area contributed by atoms with Crippen LogP contribution in [0.25, 0.3) is 0 Å². The molecule has 0 heterocycles. The van der Waals surface area contributed by atoms with Crippen molar-refractivity contribution in [1.29, 1.82) is 0 Å². The minimum Gasteiger partial charge on any atom is -0.481 e. The molecule has 0 saturated heterocycles. The summed E-state index contributed by atoms with van der Waals surface area (Å²) in [5.74, 6) is -2.02. The van der Waals surface area contributed by atoms with Crippen LogP contribution in [0.2, 0.25) is 0 Å². The van der Waals surface area contributed by atoms with E-state index >= 15 is 0 Å². The maximum atomic E-state index is 12.3. The molecule has 1 saturated carbocycles. The molecule has 0 aromatic heterocycles. The van der Waals surface area contributed by atoms with Crippen LogP contribution in [-0.4, -0.2) is 24.0 Å². The second-order valence-corrected chi connectivity index (χ2v) is 5.16. The van der Waals surface area contributed by atoms with Crippen molar-refractivity contribution in [3.05, 3.63) is 29.8 Å². The van der Waals surface area contributed by atoms with Gasteiger partial charge in [-0.1, -0.05) is 24.6 Å². The molecule has 0 spiro atoms. The Labute approximate surface area is 118 Å². The maximum absolute atomic E-state index is 12.3. The largest absolute Gasteiger partial charge is 0.481 e. The summed E-state index contributed by atoms with van der Waals surface area (Å²) in [5, 5.41) is 15.1. The third-order valence-electron chi connectivity index (χ3n) is 3.81. The van der Waals surface area contributed by atoms with Gasteiger partial charge in [-0.05, 0) is 31.5 Å². The Balaban J connectivity index is 2.10. The van der Waals surface area contributed by atoms with Crippen molar-refractivity contribution in [2.24, 2.45) is 11.8 Å². The standard InChI is InChI=1S/C15H20N2O3/c1-16-9-10-5-2-3-8-13(10)17-14(18)11-6-4-7-12(11)15(19)20/h2-3,5,8,11-12,16H,4,6-7,9H2,1H3,(H,17,18)(H,19,20). The van der Waals surface area contributed by atoms with Gasteiger partial charge in [-0.2, -0.15) is 0 Å². The van der Waals surface area contributed by atoms with Gasteiger partial charge in [-0.3, -0.25) is 9.59 Å². The average molecular weight is 276 g/mol. The van der Waals surface area contributed by atoms with Gasteiger partial charge in [0, 0.05) is 12.2 Å². The zero-order valence-electron chi connectivity index (χ0n) is 11.6. The first-order valence-corrected chi connectivity index (χ1v) is 6.89. The number of carboxylic acids is 1. The van der Waals surface area contributed by atoms with Gasteiger partial charge in [0.1, 0.15) is 0 Å². The average Bonchev–Trinajstić information content (AvgIpc) is 2.91. The van der Waals surface area contributed by atoms with Crippen LogP contribution >= 0.6 is 0 Å². The van der Waals surface area contributed by atoms with Gasteiger partial charge >= 0.3 is 5.97 Å². The number of benzene rings is 1. The molecule has 2 atom stereocenters. The fraction of sp³-hybridized carbons (Fsp3) is 0.467. The number of aliphatic carboxylic acids is 1. The Kier molecular flexibility index (Phi) is 4.74. The number of carbonyl (C=O) groups is 2. The molecule has 0 aliphatic heterocycles. The van der Waals surface area contributed by atoms with E-state index in [1.807, 2.05) is 31.3 Å². The molecule has 2 rings (SSSR count). The summed E-state index contributed by atoms with van der Waals surface area (Å²) in [6.07, 6.45) is 2.04. The molecule has 0 radical (unpaired) electrons. The van der Waals surface area contributed by atoms with Crippen LogP contribution < -0.4 is 10.6 Å². The molecule has 108 valence electrons. The Bertz CT molecular complexity index is 502. The highest BCUT2D eigenvalue weighted by Crippen LogP contribution is 2.33. The summed E-state index contributed by atoms with van der Waals surface area (Å²) >= 11 is 0. The summed E-state index contributed by atoms with van der Waals surface area (Å²) in [4.78, 5) is 23.4. The Morgan fingerprint density at radius 2 is 1.95 bits per heavy atom. The zero-order chi connectivity index (χ0) is 14.5. The number of rotatable bonds is 5. The van der Waals surface area contributed by atoms with E-state index in [9.17, 15) is 9.59 Å². The van der Waals surface area contributed by atoms with Crippen molar-refractivity contribution in [2.75, 3.05) is 12.4 Å². The number of anilines is 1. The van der Waals surface area contributed by atoms with Gasteiger partial charge in [0.2, 0.25) is 5.91 Å². The lowest BCUT2D eigenvalue weighted by atomic mass is 9.95. The molecule has 20 heavy (non-hydrogen) atoms. The first kappa shape index (κ1) is 14.5. The van der Waals surface area contributed by atoms with Crippen molar-refractivity contribution in [3.63, 3.8) is 0 Å². The van der Waals surface area contributed by atoms with E-state index in [4.69, 9.17) is 5.11 Å². The second kappa shape index (κ2) is 6.52. The molecule has 5 nitrogen and oxygen atoms in total. The SMILES string of the molecule is CNCc1ccccc1NC(=O)C1CCCC1C(=O)O. The second-order valence-electron chi connectivity index (χ2n) is 5.16. The number of carbonyl (C=O) groups excluding carboxylic acids is 1. The van der Waals surface area contributed by atoms with Crippen LogP contribution in [0.5, 0.6) is 0 Å². The highest BCUT2D eigenvalue weighted by atomic mass is 16.4. The van der Waals surface area contributed by atoms with Gasteiger partial charge in [0.15, 0.2) is 0 Å². The lowest BCUT2D eigenvalue weighted by molar-refractivity contribution is -0.145. The van der Waals surface area contributed by atoms with Crippen LogP contribution in [0.15, 0.2) is 24.3 Å².